The van der Waals surface area contributed by atoms with Gasteiger partial charge >= 0.3 is 0 Å². The fourth-order valence-electron chi connectivity index (χ4n) is 3.34. The minimum absolute atomic E-state index is 0.0262. The van der Waals surface area contributed by atoms with Crippen molar-refractivity contribution in [2.24, 2.45) is 0 Å². The Bertz CT molecular complexity index is 772. The zero-order valence-corrected chi connectivity index (χ0v) is 14.6. The van der Waals surface area contributed by atoms with E-state index in [4.69, 9.17) is 4.74 Å². The van der Waals surface area contributed by atoms with E-state index in [0.29, 0.717) is 29.1 Å². The summed E-state index contributed by atoms with van der Waals surface area (Å²) >= 11 is 0. The third kappa shape index (κ3) is 2.52. The van der Waals surface area contributed by atoms with Crippen molar-refractivity contribution in [3.05, 3.63) is 23.3 Å². The van der Waals surface area contributed by atoms with Crippen molar-refractivity contribution in [2.75, 3.05) is 7.11 Å². The van der Waals surface area contributed by atoms with Crippen molar-refractivity contribution < 1.29 is 13.2 Å². The second kappa shape index (κ2) is 5.50. The molecule has 0 heterocycles. The molecule has 124 valence electrons. The van der Waals surface area contributed by atoms with Gasteiger partial charge in [0.2, 0.25) is 10.0 Å². The maximum atomic E-state index is 13.3. The third-order valence-corrected chi connectivity index (χ3v) is 7.08. The van der Waals surface area contributed by atoms with Gasteiger partial charge in [0.1, 0.15) is 11.3 Å². The Morgan fingerprint density at radius 3 is 2.35 bits per heavy atom. The van der Waals surface area contributed by atoms with Crippen LogP contribution in [0.5, 0.6) is 5.75 Å². The fourth-order valence-corrected chi connectivity index (χ4v) is 5.64. The van der Waals surface area contributed by atoms with Gasteiger partial charge in [0, 0.05) is 6.04 Å². The average molecular weight is 334 g/mol. The monoisotopic (exact) mass is 334 g/mol. The van der Waals surface area contributed by atoms with Crippen LogP contribution in [0.3, 0.4) is 0 Å². The third-order valence-electron chi connectivity index (χ3n) is 4.92. The predicted octanol–water partition coefficient (Wildman–Crippen LogP) is 2.91. The molecular weight excluding hydrogens is 312 g/mol. The van der Waals surface area contributed by atoms with E-state index in [1.54, 1.807) is 26.2 Å². The van der Waals surface area contributed by atoms with Gasteiger partial charge in [-0.2, -0.15) is 9.57 Å². The first-order chi connectivity index (χ1) is 10.9. The number of aryl methyl sites for hydroxylation is 2. The molecule has 0 N–H and O–H groups in total. The molecule has 5 nitrogen and oxygen atoms in total. The smallest absolute Gasteiger partial charge is 0.245 e. The van der Waals surface area contributed by atoms with Crippen LogP contribution in [0.4, 0.5) is 0 Å². The van der Waals surface area contributed by atoms with Gasteiger partial charge in [0.25, 0.3) is 0 Å². The summed E-state index contributed by atoms with van der Waals surface area (Å²) in [6.45, 7) is 3.61. The first-order valence-corrected chi connectivity index (χ1v) is 9.41. The van der Waals surface area contributed by atoms with Crippen molar-refractivity contribution in [3.63, 3.8) is 0 Å². The Morgan fingerprint density at radius 1 is 1.26 bits per heavy atom. The molecular formula is C17H22N2O3S. The second-order valence-corrected chi connectivity index (χ2v) is 8.40. The zero-order valence-electron chi connectivity index (χ0n) is 13.8. The first kappa shape index (κ1) is 16.3. The van der Waals surface area contributed by atoms with Crippen LogP contribution in [0.2, 0.25) is 0 Å². The molecule has 1 aromatic rings. The van der Waals surface area contributed by atoms with Crippen molar-refractivity contribution in [1.82, 2.24) is 4.31 Å². The molecule has 2 aliphatic rings. The highest BCUT2D eigenvalue weighted by Gasteiger charge is 2.54. The van der Waals surface area contributed by atoms with Crippen molar-refractivity contribution >= 4 is 10.0 Å². The Kier molecular flexibility index (Phi) is 3.89. The number of rotatable bonds is 5. The van der Waals surface area contributed by atoms with Crippen LogP contribution in [-0.2, 0) is 10.0 Å². The molecule has 2 fully saturated rings. The number of benzene rings is 1. The van der Waals surface area contributed by atoms with Crippen LogP contribution in [0, 0.1) is 25.2 Å². The summed E-state index contributed by atoms with van der Waals surface area (Å²) in [4.78, 5) is 0.296. The van der Waals surface area contributed by atoms with Gasteiger partial charge in [-0.1, -0.05) is 0 Å². The molecule has 0 aromatic heterocycles. The van der Waals surface area contributed by atoms with Crippen LogP contribution < -0.4 is 4.74 Å². The van der Waals surface area contributed by atoms with Gasteiger partial charge in [0.05, 0.1) is 18.1 Å². The normalized spacial score (nSPS) is 20.0. The highest BCUT2D eigenvalue weighted by molar-refractivity contribution is 7.89. The van der Waals surface area contributed by atoms with Gasteiger partial charge in [-0.25, -0.2) is 8.42 Å². The largest absolute Gasteiger partial charge is 0.496 e. The van der Waals surface area contributed by atoms with Crippen LogP contribution in [0.15, 0.2) is 17.0 Å². The van der Waals surface area contributed by atoms with Gasteiger partial charge in [-0.15, -0.1) is 0 Å². The SMILES string of the molecule is COc1cc(C)c(S(=O)(=O)N(C2CC2)C2(C#N)CCC2)cc1C. The number of hydrogen-bond acceptors (Lipinski definition) is 4. The zero-order chi connectivity index (χ0) is 16.8. The van der Waals surface area contributed by atoms with Crippen molar-refractivity contribution in [1.29, 1.82) is 5.26 Å². The average Bonchev–Trinajstić information content (AvgIpc) is 3.28. The molecule has 0 spiro atoms. The lowest BCUT2D eigenvalue weighted by molar-refractivity contribution is 0.140. The molecule has 0 saturated heterocycles. The summed E-state index contributed by atoms with van der Waals surface area (Å²) in [6.07, 6.45) is 3.86. The lowest BCUT2D eigenvalue weighted by atomic mass is 9.78. The Labute approximate surface area is 137 Å². The Morgan fingerprint density at radius 2 is 1.91 bits per heavy atom. The van der Waals surface area contributed by atoms with Gasteiger partial charge in [0.15, 0.2) is 0 Å². The highest BCUT2D eigenvalue weighted by Crippen LogP contribution is 2.47. The van der Waals surface area contributed by atoms with E-state index in [0.717, 1.165) is 24.8 Å². The number of hydrogen-bond donors (Lipinski definition) is 0. The lowest BCUT2D eigenvalue weighted by Crippen LogP contribution is -2.56. The van der Waals surface area contributed by atoms with Gasteiger partial charge in [-0.05, 0) is 69.2 Å². The molecule has 23 heavy (non-hydrogen) atoms. The molecule has 0 radical (unpaired) electrons. The van der Waals surface area contributed by atoms with E-state index in [2.05, 4.69) is 6.07 Å². The van der Waals surface area contributed by atoms with E-state index < -0.39 is 15.6 Å². The maximum absolute atomic E-state index is 13.3. The molecule has 3 rings (SSSR count). The standard InChI is InChI=1S/C17H22N2O3S/c1-12-10-16(13(2)9-15(12)22-3)23(20,21)19(14-5-6-14)17(11-18)7-4-8-17/h9-10,14H,4-8H2,1-3H3. The van der Waals surface area contributed by atoms with Gasteiger partial charge < -0.3 is 4.74 Å². The quantitative estimate of drug-likeness (QED) is 0.830. The number of sulfonamides is 1. The van der Waals surface area contributed by atoms with Gasteiger partial charge in [-0.3, -0.25) is 0 Å². The van der Waals surface area contributed by atoms with Crippen molar-refractivity contribution in [3.8, 4) is 11.8 Å². The van der Waals surface area contributed by atoms with Crippen molar-refractivity contribution in [2.45, 2.75) is 62.4 Å². The van der Waals surface area contributed by atoms with E-state index in [-0.39, 0.29) is 6.04 Å². The van der Waals surface area contributed by atoms with Crippen LogP contribution in [-0.4, -0.2) is 31.4 Å². The van der Waals surface area contributed by atoms with E-state index in [1.807, 2.05) is 6.92 Å². The fraction of sp³-hybridized carbons (Fsp3) is 0.588. The molecule has 1 aromatic carbocycles. The summed E-state index contributed by atoms with van der Waals surface area (Å²) in [6, 6.07) is 5.69. The van der Waals surface area contributed by atoms with E-state index >= 15 is 0 Å². The van der Waals surface area contributed by atoms with E-state index in [1.165, 1.54) is 4.31 Å². The minimum Gasteiger partial charge on any atom is -0.496 e. The van der Waals surface area contributed by atoms with Crippen LogP contribution in [0.25, 0.3) is 0 Å². The minimum atomic E-state index is -3.69. The molecule has 6 heteroatoms. The first-order valence-electron chi connectivity index (χ1n) is 7.97. The molecule has 0 unspecified atom stereocenters. The summed E-state index contributed by atoms with van der Waals surface area (Å²) in [7, 11) is -2.12. The second-order valence-electron chi connectivity index (χ2n) is 6.62. The molecule has 0 atom stereocenters. The molecule has 0 bridgehead atoms. The molecule has 0 aliphatic heterocycles. The van der Waals surface area contributed by atoms with E-state index in [9.17, 15) is 13.7 Å². The van der Waals surface area contributed by atoms with Crippen LogP contribution in [0.1, 0.15) is 43.2 Å². The Balaban J connectivity index is 2.10. The number of nitrogens with zero attached hydrogens (tertiary/aromatic N) is 2. The van der Waals surface area contributed by atoms with Crippen LogP contribution >= 0.6 is 0 Å². The summed E-state index contributed by atoms with van der Waals surface area (Å²) in [5.41, 5.74) is 0.595. The topological polar surface area (TPSA) is 70.4 Å². The molecule has 2 aliphatic carbocycles. The number of methoxy groups -OCH3 is 1. The predicted molar refractivity (Wildman–Crippen MR) is 86.7 cm³/mol. The summed E-state index contributed by atoms with van der Waals surface area (Å²) in [5, 5.41) is 9.62. The maximum Gasteiger partial charge on any atom is 0.245 e. The molecule has 0 amide bonds. The number of nitriles is 1. The number of ether oxygens (including phenoxy) is 1. The Hall–Kier alpha value is -1.58. The lowest BCUT2D eigenvalue weighted by Gasteiger charge is -2.44. The highest BCUT2D eigenvalue weighted by atomic mass is 32.2. The summed E-state index contributed by atoms with van der Waals surface area (Å²) in [5.74, 6) is 0.679. The summed E-state index contributed by atoms with van der Waals surface area (Å²) < 4.78 is 33.4. The molecule has 2 saturated carbocycles.